The normalized spacial score (nSPS) is 29.0. The molecule has 1 saturated heterocycles. The number of carbonyl (C=O) groups is 2. The fraction of sp³-hybridized carbons (Fsp3) is 0.739. The molecule has 4 rings (SSSR count). The highest BCUT2D eigenvalue weighted by Crippen LogP contribution is 2.35. The van der Waals surface area contributed by atoms with E-state index in [2.05, 4.69) is 10.2 Å². The molecule has 2 heterocycles. The monoisotopic (exact) mass is 403 g/mol. The fourth-order valence-electron chi connectivity index (χ4n) is 5.48. The number of halogens is 1. The lowest BCUT2D eigenvalue weighted by molar-refractivity contribution is -0.135. The first-order valence-corrected chi connectivity index (χ1v) is 11.5. The summed E-state index contributed by atoms with van der Waals surface area (Å²) in [5.74, 6) is -0.940. The van der Waals surface area contributed by atoms with E-state index in [0.29, 0.717) is 23.9 Å². The number of hydrogen-bond acceptors (Lipinski definition) is 3. The highest BCUT2D eigenvalue weighted by molar-refractivity contribution is 6.00. The summed E-state index contributed by atoms with van der Waals surface area (Å²) in [6.07, 6.45) is 12.8. The van der Waals surface area contributed by atoms with E-state index in [1.165, 1.54) is 51.0 Å². The van der Waals surface area contributed by atoms with Crippen LogP contribution in [0.4, 0.5) is 4.39 Å². The van der Waals surface area contributed by atoms with Crippen molar-refractivity contribution in [3.8, 4) is 0 Å². The number of hydrogen-bond donors (Lipinski definition) is 1. The molecule has 1 atom stereocenters. The standard InChI is InChI=1S/C23H34FN3O2/c1-16-13-20-21(14-19(16)24)27(23(29)15-22(28)25-20)18-9-11-26(12-10-18)17-7-5-3-2-4-6-8-17/h14,16-18H,2-13,15H2,1H3,(H,25,28). The predicted molar refractivity (Wildman–Crippen MR) is 110 cm³/mol. The molecule has 160 valence electrons. The Morgan fingerprint density at radius 1 is 0.966 bits per heavy atom. The lowest BCUT2D eigenvalue weighted by Gasteiger charge is -2.42. The molecule has 0 aromatic carbocycles. The number of nitrogens with one attached hydrogen (secondary N) is 1. The maximum atomic E-state index is 14.4. The zero-order valence-electron chi connectivity index (χ0n) is 17.6. The smallest absolute Gasteiger partial charge is 0.236 e. The molecule has 1 unspecified atom stereocenters. The first-order chi connectivity index (χ1) is 14.0. The molecular formula is C23H34FN3O2. The van der Waals surface area contributed by atoms with E-state index >= 15 is 0 Å². The van der Waals surface area contributed by atoms with Crippen molar-refractivity contribution in [3.05, 3.63) is 23.3 Å². The quantitative estimate of drug-likeness (QED) is 0.709. The van der Waals surface area contributed by atoms with Crippen LogP contribution in [0.3, 0.4) is 0 Å². The van der Waals surface area contributed by atoms with Crippen molar-refractivity contribution in [2.45, 2.75) is 89.6 Å². The van der Waals surface area contributed by atoms with Gasteiger partial charge in [-0.25, -0.2) is 4.39 Å². The summed E-state index contributed by atoms with van der Waals surface area (Å²) in [7, 11) is 0. The van der Waals surface area contributed by atoms with Crippen LogP contribution in [0.15, 0.2) is 23.3 Å². The van der Waals surface area contributed by atoms with E-state index in [9.17, 15) is 14.0 Å². The van der Waals surface area contributed by atoms with Crippen molar-refractivity contribution < 1.29 is 14.0 Å². The van der Waals surface area contributed by atoms with Gasteiger partial charge in [0, 0.05) is 36.8 Å². The molecule has 4 aliphatic rings. The summed E-state index contributed by atoms with van der Waals surface area (Å²) in [6, 6.07) is 0.712. The zero-order valence-corrected chi connectivity index (χ0v) is 17.6. The number of amides is 2. The zero-order chi connectivity index (χ0) is 20.4. The fourth-order valence-corrected chi connectivity index (χ4v) is 5.48. The van der Waals surface area contributed by atoms with Crippen molar-refractivity contribution in [1.29, 1.82) is 0 Å². The van der Waals surface area contributed by atoms with Crippen LogP contribution >= 0.6 is 0 Å². The molecule has 29 heavy (non-hydrogen) atoms. The van der Waals surface area contributed by atoms with Crippen LogP contribution in [0.5, 0.6) is 0 Å². The van der Waals surface area contributed by atoms with Gasteiger partial charge in [0.25, 0.3) is 0 Å². The Morgan fingerprint density at radius 2 is 1.62 bits per heavy atom. The van der Waals surface area contributed by atoms with Gasteiger partial charge in [-0.3, -0.25) is 9.59 Å². The number of piperidine rings is 1. The molecule has 0 bridgehead atoms. The second kappa shape index (κ2) is 8.99. The maximum absolute atomic E-state index is 14.4. The molecule has 0 radical (unpaired) electrons. The topological polar surface area (TPSA) is 52.7 Å². The first kappa shape index (κ1) is 20.6. The summed E-state index contributed by atoms with van der Waals surface area (Å²) in [5, 5.41) is 2.86. The minimum Gasteiger partial charge on any atom is -0.327 e. The molecule has 2 fully saturated rings. The molecule has 2 amide bonds. The van der Waals surface area contributed by atoms with Gasteiger partial charge in [-0.2, -0.15) is 0 Å². The molecule has 5 nitrogen and oxygen atoms in total. The Kier molecular flexibility index (Phi) is 6.38. The van der Waals surface area contributed by atoms with Crippen molar-refractivity contribution >= 4 is 11.8 Å². The van der Waals surface area contributed by atoms with E-state index in [1.807, 2.05) is 6.92 Å². The van der Waals surface area contributed by atoms with Crippen molar-refractivity contribution in [1.82, 2.24) is 15.1 Å². The highest BCUT2D eigenvalue weighted by Gasteiger charge is 2.37. The average Bonchev–Trinajstić information content (AvgIpc) is 2.77. The van der Waals surface area contributed by atoms with E-state index in [0.717, 1.165) is 25.9 Å². The molecule has 1 N–H and O–H groups in total. The molecular weight excluding hydrogens is 369 g/mol. The number of likely N-dealkylation sites (tertiary alicyclic amines) is 1. The SMILES string of the molecule is CC1CC2=C(C=C1F)N(C1CCN(C3CCCCCCC3)CC1)C(=O)CC(=O)N2. The molecule has 2 aliphatic carbocycles. The minimum atomic E-state index is -0.278. The van der Waals surface area contributed by atoms with Crippen LogP contribution in [-0.4, -0.2) is 46.8 Å². The molecule has 6 heteroatoms. The first-order valence-electron chi connectivity index (χ1n) is 11.5. The Bertz CT molecular complexity index is 701. The molecule has 1 saturated carbocycles. The summed E-state index contributed by atoms with van der Waals surface area (Å²) in [4.78, 5) is 29.4. The summed E-state index contributed by atoms with van der Waals surface area (Å²) < 4.78 is 14.4. The third kappa shape index (κ3) is 4.57. The van der Waals surface area contributed by atoms with Gasteiger partial charge in [0.2, 0.25) is 11.8 Å². The number of carbonyl (C=O) groups excluding carboxylic acids is 2. The number of allylic oxidation sites excluding steroid dienone is 3. The largest absolute Gasteiger partial charge is 0.327 e. The van der Waals surface area contributed by atoms with E-state index in [1.54, 1.807) is 4.90 Å². The van der Waals surface area contributed by atoms with Crippen molar-refractivity contribution in [2.24, 2.45) is 5.92 Å². The lowest BCUT2D eigenvalue weighted by atomic mass is 9.92. The van der Waals surface area contributed by atoms with Crippen molar-refractivity contribution in [3.63, 3.8) is 0 Å². The second-order valence-electron chi connectivity index (χ2n) is 9.25. The Labute approximate surface area is 173 Å². The highest BCUT2D eigenvalue weighted by atomic mass is 19.1. The van der Waals surface area contributed by atoms with Crippen LogP contribution in [-0.2, 0) is 9.59 Å². The minimum absolute atomic E-state index is 0.0439. The Hall–Kier alpha value is -1.69. The van der Waals surface area contributed by atoms with Crippen molar-refractivity contribution in [2.75, 3.05) is 13.1 Å². The van der Waals surface area contributed by atoms with E-state index < -0.39 is 0 Å². The third-order valence-corrected chi connectivity index (χ3v) is 7.15. The van der Waals surface area contributed by atoms with E-state index in [4.69, 9.17) is 0 Å². The van der Waals surface area contributed by atoms with Crippen LogP contribution in [0.2, 0.25) is 0 Å². The Balaban J connectivity index is 1.48. The van der Waals surface area contributed by atoms with Crippen LogP contribution in [0, 0.1) is 5.92 Å². The van der Waals surface area contributed by atoms with Crippen LogP contribution in [0.1, 0.15) is 77.6 Å². The van der Waals surface area contributed by atoms with Gasteiger partial charge in [0.05, 0.1) is 5.70 Å². The van der Waals surface area contributed by atoms with Crippen LogP contribution in [0.25, 0.3) is 0 Å². The van der Waals surface area contributed by atoms with Gasteiger partial charge in [-0.1, -0.05) is 39.0 Å². The summed E-state index contributed by atoms with van der Waals surface area (Å²) >= 11 is 0. The van der Waals surface area contributed by atoms with Gasteiger partial charge >= 0.3 is 0 Å². The lowest BCUT2D eigenvalue weighted by Crippen LogP contribution is -2.49. The molecule has 0 aromatic heterocycles. The molecule has 2 aliphatic heterocycles. The summed E-state index contributed by atoms with van der Waals surface area (Å²) in [6.45, 7) is 3.77. The second-order valence-corrected chi connectivity index (χ2v) is 9.25. The van der Waals surface area contributed by atoms with Gasteiger partial charge in [-0.05, 0) is 38.2 Å². The van der Waals surface area contributed by atoms with E-state index in [-0.39, 0.29) is 36.0 Å². The average molecular weight is 404 g/mol. The number of nitrogens with zero attached hydrogens (tertiary/aromatic N) is 2. The van der Waals surface area contributed by atoms with Gasteiger partial charge in [0.1, 0.15) is 12.2 Å². The Morgan fingerprint density at radius 3 is 2.31 bits per heavy atom. The number of rotatable bonds is 2. The van der Waals surface area contributed by atoms with Gasteiger partial charge in [-0.15, -0.1) is 0 Å². The third-order valence-electron chi connectivity index (χ3n) is 7.15. The van der Waals surface area contributed by atoms with Crippen LogP contribution < -0.4 is 5.32 Å². The van der Waals surface area contributed by atoms with Gasteiger partial charge in [0.15, 0.2) is 0 Å². The predicted octanol–water partition coefficient (Wildman–Crippen LogP) is 4.02. The molecule has 0 spiro atoms. The van der Waals surface area contributed by atoms with Gasteiger partial charge < -0.3 is 15.1 Å². The maximum Gasteiger partial charge on any atom is 0.236 e. The summed E-state index contributed by atoms with van der Waals surface area (Å²) in [5.41, 5.74) is 1.29. The molecule has 0 aromatic rings.